The Kier molecular flexibility index (Phi) is 6.62. The van der Waals surface area contributed by atoms with Crippen LogP contribution in [0.15, 0.2) is 59.7 Å². The summed E-state index contributed by atoms with van der Waals surface area (Å²) in [5, 5.41) is 21.7. The molecule has 172 valence electrons. The number of anilines is 2. The van der Waals surface area contributed by atoms with Crippen LogP contribution in [-0.4, -0.2) is 44.5 Å². The highest BCUT2D eigenvalue weighted by atomic mass is 19.1. The largest absolute Gasteiger partial charge is 0.388 e. The van der Waals surface area contributed by atoms with Gasteiger partial charge in [-0.05, 0) is 43.2 Å². The fourth-order valence-corrected chi connectivity index (χ4v) is 3.99. The molecule has 0 spiro atoms. The highest BCUT2D eigenvalue weighted by Crippen LogP contribution is 2.25. The van der Waals surface area contributed by atoms with Crippen molar-refractivity contribution in [2.45, 2.75) is 31.5 Å². The van der Waals surface area contributed by atoms with E-state index in [4.69, 9.17) is 5.41 Å². The van der Waals surface area contributed by atoms with E-state index >= 15 is 0 Å². The van der Waals surface area contributed by atoms with E-state index in [1.807, 2.05) is 0 Å². The van der Waals surface area contributed by atoms with Gasteiger partial charge in [0.25, 0.3) is 5.56 Å². The highest BCUT2D eigenvalue weighted by molar-refractivity contribution is 5.85. The summed E-state index contributed by atoms with van der Waals surface area (Å²) < 4.78 is 28.4. The number of piperidine rings is 1. The molecule has 2 heterocycles. The highest BCUT2D eigenvalue weighted by Gasteiger charge is 2.33. The number of halogens is 2. The average molecular weight is 453 g/mol. The predicted octanol–water partition coefficient (Wildman–Crippen LogP) is 3.29. The van der Waals surface area contributed by atoms with E-state index in [1.165, 1.54) is 41.2 Å². The average Bonchev–Trinajstić information content (AvgIpc) is 2.80. The first-order valence-corrected chi connectivity index (χ1v) is 10.7. The fourth-order valence-electron chi connectivity index (χ4n) is 3.99. The lowest BCUT2D eigenvalue weighted by atomic mass is 9.91. The maximum atomic E-state index is 13.9. The molecule has 1 saturated heterocycles. The van der Waals surface area contributed by atoms with Crippen molar-refractivity contribution in [1.82, 2.24) is 14.5 Å². The quantitative estimate of drug-likeness (QED) is 0.478. The summed E-state index contributed by atoms with van der Waals surface area (Å²) >= 11 is 0. The monoisotopic (exact) mass is 453 g/mol. The van der Waals surface area contributed by atoms with Crippen LogP contribution < -0.4 is 10.9 Å². The minimum absolute atomic E-state index is 0.0439. The first kappa shape index (κ1) is 22.8. The van der Waals surface area contributed by atoms with E-state index in [0.29, 0.717) is 43.7 Å². The number of hydrogen-bond acceptors (Lipinski definition) is 6. The number of nitrogens with one attached hydrogen (secondary N) is 2. The van der Waals surface area contributed by atoms with Crippen molar-refractivity contribution in [3.63, 3.8) is 0 Å². The van der Waals surface area contributed by atoms with E-state index in [9.17, 15) is 18.7 Å². The van der Waals surface area contributed by atoms with Crippen molar-refractivity contribution < 1.29 is 13.9 Å². The first-order chi connectivity index (χ1) is 15.9. The van der Waals surface area contributed by atoms with E-state index in [2.05, 4.69) is 15.2 Å². The summed E-state index contributed by atoms with van der Waals surface area (Å²) in [6.07, 6.45) is 3.09. The third-order valence-electron chi connectivity index (χ3n) is 5.93. The molecule has 0 atom stereocenters. The molecular weight excluding hydrogens is 428 g/mol. The molecule has 3 aromatic rings. The molecule has 9 heteroatoms. The summed E-state index contributed by atoms with van der Waals surface area (Å²) in [4.78, 5) is 19.3. The molecule has 0 aliphatic carbocycles. The van der Waals surface area contributed by atoms with Crippen LogP contribution in [-0.2, 0) is 13.1 Å². The van der Waals surface area contributed by atoms with Gasteiger partial charge in [-0.1, -0.05) is 18.2 Å². The number of aliphatic hydroxyl groups is 1. The Morgan fingerprint density at radius 1 is 1.12 bits per heavy atom. The zero-order valence-corrected chi connectivity index (χ0v) is 18.0. The van der Waals surface area contributed by atoms with Gasteiger partial charge < -0.3 is 15.8 Å². The van der Waals surface area contributed by atoms with Crippen LogP contribution in [0.1, 0.15) is 24.0 Å². The smallest absolute Gasteiger partial charge is 0.264 e. The van der Waals surface area contributed by atoms with E-state index in [1.54, 1.807) is 18.2 Å². The topological polar surface area (TPSA) is 94.2 Å². The van der Waals surface area contributed by atoms with E-state index in [-0.39, 0.29) is 29.6 Å². The van der Waals surface area contributed by atoms with Gasteiger partial charge in [0.2, 0.25) is 0 Å². The number of nitrogens with zero attached hydrogens (tertiary/aromatic N) is 3. The predicted molar refractivity (Wildman–Crippen MR) is 122 cm³/mol. The van der Waals surface area contributed by atoms with Crippen LogP contribution in [0.25, 0.3) is 0 Å². The molecule has 1 aliphatic heterocycles. The molecule has 1 aromatic heterocycles. The van der Waals surface area contributed by atoms with Crippen molar-refractivity contribution in [3.05, 3.63) is 88.0 Å². The van der Waals surface area contributed by atoms with Crippen LogP contribution in [0.4, 0.5) is 20.3 Å². The van der Waals surface area contributed by atoms with E-state index in [0.717, 1.165) is 6.21 Å². The third kappa shape index (κ3) is 5.32. The first-order valence-electron chi connectivity index (χ1n) is 10.7. The number of benzene rings is 2. The molecule has 0 unspecified atom stereocenters. The molecule has 1 aliphatic rings. The molecule has 0 bridgehead atoms. The molecule has 33 heavy (non-hydrogen) atoms. The van der Waals surface area contributed by atoms with Crippen LogP contribution in [0.5, 0.6) is 0 Å². The van der Waals surface area contributed by atoms with Crippen molar-refractivity contribution in [2.75, 3.05) is 18.4 Å². The van der Waals surface area contributed by atoms with Gasteiger partial charge in [0.1, 0.15) is 23.0 Å². The Hall–Kier alpha value is -3.43. The summed E-state index contributed by atoms with van der Waals surface area (Å²) in [6, 6.07) is 12.2. The van der Waals surface area contributed by atoms with Gasteiger partial charge in [0, 0.05) is 37.1 Å². The third-order valence-corrected chi connectivity index (χ3v) is 5.93. The zero-order valence-electron chi connectivity index (χ0n) is 18.0. The second-order valence-electron chi connectivity index (χ2n) is 8.31. The van der Waals surface area contributed by atoms with Crippen molar-refractivity contribution >= 4 is 17.7 Å². The number of aromatic nitrogens is 2. The summed E-state index contributed by atoms with van der Waals surface area (Å²) in [5.41, 5.74) is -0.370. The van der Waals surface area contributed by atoms with Crippen molar-refractivity contribution in [2.24, 2.45) is 0 Å². The zero-order chi connectivity index (χ0) is 23.4. The Morgan fingerprint density at radius 3 is 2.48 bits per heavy atom. The molecule has 1 fully saturated rings. The number of hydrogen-bond donors (Lipinski definition) is 3. The van der Waals surface area contributed by atoms with E-state index < -0.39 is 11.2 Å². The minimum atomic E-state index is -1.11. The van der Waals surface area contributed by atoms with Crippen molar-refractivity contribution in [3.8, 4) is 0 Å². The Bertz CT molecular complexity index is 1190. The minimum Gasteiger partial charge on any atom is -0.388 e. The molecule has 4 rings (SSSR count). The normalized spacial score (nSPS) is 15.8. The summed E-state index contributed by atoms with van der Waals surface area (Å²) in [6.45, 7) is 1.64. The van der Waals surface area contributed by atoms with Crippen LogP contribution in [0, 0.1) is 17.0 Å². The molecule has 7 nitrogen and oxygen atoms in total. The SMILES string of the molecule is N=Cc1c(Nc2ccc(F)cc2)ncn(CC2(O)CCN(Cc3ccccc3F)CC2)c1=O. The van der Waals surface area contributed by atoms with Crippen LogP contribution in [0.2, 0.25) is 0 Å². The lowest BCUT2D eigenvalue weighted by molar-refractivity contribution is -0.0367. The Morgan fingerprint density at radius 2 is 1.82 bits per heavy atom. The van der Waals surface area contributed by atoms with Gasteiger partial charge in [-0.15, -0.1) is 0 Å². The molecule has 3 N–H and O–H groups in total. The second kappa shape index (κ2) is 9.60. The molecule has 2 aromatic carbocycles. The molecule has 0 amide bonds. The Labute approximate surface area is 189 Å². The Balaban J connectivity index is 1.44. The lowest BCUT2D eigenvalue weighted by Crippen LogP contribution is -2.48. The van der Waals surface area contributed by atoms with Gasteiger partial charge in [-0.2, -0.15) is 0 Å². The second-order valence-corrected chi connectivity index (χ2v) is 8.31. The van der Waals surface area contributed by atoms with Crippen LogP contribution >= 0.6 is 0 Å². The number of rotatable bonds is 7. The maximum Gasteiger partial charge on any atom is 0.264 e. The summed E-state index contributed by atoms with van der Waals surface area (Å²) in [7, 11) is 0. The molecular formula is C24H25F2N5O2. The van der Waals surface area contributed by atoms with Crippen LogP contribution in [0.3, 0.4) is 0 Å². The van der Waals surface area contributed by atoms with Crippen molar-refractivity contribution in [1.29, 1.82) is 5.41 Å². The van der Waals surface area contributed by atoms with Gasteiger partial charge in [-0.3, -0.25) is 14.3 Å². The maximum absolute atomic E-state index is 13.9. The lowest BCUT2D eigenvalue weighted by Gasteiger charge is -2.38. The van der Waals surface area contributed by atoms with Gasteiger partial charge in [-0.25, -0.2) is 13.8 Å². The van der Waals surface area contributed by atoms with Gasteiger partial charge >= 0.3 is 0 Å². The summed E-state index contributed by atoms with van der Waals surface area (Å²) in [5.74, 6) is -0.446. The fraction of sp³-hybridized carbons (Fsp3) is 0.292. The van der Waals surface area contributed by atoms with Gasteiger partial charge in [0.15, 0.2) is 0 Å². The van der Waals surface area contributed by atoms with Gasteiger partial charge in [0.05, 0.1) is 18.5 Å². The molecule has 0 radical (unpaired) electrons. The molecule has 0 saturated carbocycles. The number of likely N-dealkylation sites (tertiary alicyclic amines) is 1. The standard InChI is InChI=1S/C24H25F2N5O2/c25-18-5-7-19(8-6-18)29-22-20(13-27)23(32)31(16-28-22)15-24(33)9-11-30(12-10-24)14-17-3-1-2-4-21(17)26/h1-8,13,16,27,29,33H,9-12,14-15H2.